The minimum Gasteiger partial charge on any atom is -0.381 e. The zero-order chi connectivity index (χ0) is 16.8. The minimum absolute atomic E-state index is 0. The van der Waals surface area contributed by atoms with E-state index in [-0.39, 0.29) is 29.5 Å². The van der Waals surface area contributed by atoms with E-state index in [0.29, 0.717) is 6.10 Å². The fourth-order valence-corrected chi connectivity index (χ4v) is 4.80. The highest BCUT2D eigenvalue weighted by atomic mass is 127. The van der Waals surface area contributed by atoms with Gasteiger partial charge in [0.2, 0.25) is 0 Å². The number of guanidine groups is 1. The lowest BCUT2D eigenvalue weighted by molar-refractivity contribution is -0.000107. The predicted molar refractivity (Wildman–Crippen MR) is 115 cm³/mol. The molecular weight excluding hydrogens is 427 g/mol. The third-order valence-electron chi connectivity index (χ3n) is 6.45. The van der Waals surface area contributed by atoms with Gasteiger partial charge in [0.15, 0.2) is 5.96 Å². The molecule has 0 bridgehead atoms. The fourth-order valence-electron chi connectivity index (χ4n) is 4.80. The lowest BCUT2D eigenvalue weighted by atomic mass is 9.91. The van der Waals surface area contributed by atoms with E-state index in [4.69, 9.17) is 15.5 Å². The van der Waals surface area contributed by atoms with Crippen molar-refractivity contribution in [1.29, 1.82) is 0 Å². The molecule has 3 aliphatic rings. The molecular formula is C19H37IN4O. The molecule has 0 spiro atoms. The third-order valence-corrected chi connectivity index (χ3v) is 6.45. The average molecular weight is 464 g/mol. The Bertz CT molecular complexity index is 410. The highest BCUT2D eigenvalue weighted by Gasteiger charge is 2.41. The number of piperidine rings is 1. The zero-order valence-corrected chi connectivity index (χ0v) is 18.2. The number of likely N-dealkylation sites (tertiary alicyclic amines) is 2. The number of hydrogen-bond donors (Lipinski definition) is 1. The van der Waals surface area contributed by atoms with E-state index in [2.05, 4.69) is 9.80 Å². The maximum Gasteiger partial charge on any atom is 0.191 e. The Morgan fingerprint density at radius 3 is 2.16 bits per heavy atom. The molecule has 2 saturated heterocycles. The summed E-state index contributed by atoms with van der Waals surface area (Å²) in [6.07, 6.45) is 13.2. The van der Waals surface area contributed by atoms with Crippen molar-refractivity contribution in [3.63, 3.8) is 0 Å². The van der Waals surface area contributed by atoms with Gasteiger partial charge in [-0.3, -0.25) is 9.89 Å². The smallest absolute Gasteiger partial charge is 0.191 e. The molecule has 146 valence electrons. The van der Waals surface area contributed by atoms with Crippen molar-refractivity contribution < 1.29 is 4.74 Å². The van der Waals surface area contributed by atoms with Gasteiger partial charge in [0, 0.05) is 38.8 Å². The molecule has 1 saturated carbocycles. The molecule has 2 N–H and O–H groups in total. The van der Waals surface area contributed by atoms with E-state index in [9.17, 15) is 0 Å². The SMILES string of the molecule is COC1CCN(C2(CN=C(N)N3CCCCCC3)CCCC2)CC1.I. The van der Waals surface area contributed by atoms with Crippen LogP contribution in [0.25, 0.3) is 0 Å². The molecule has 2 heterocycles. The number of aliphatic imine (C=N–C) groups is 1. The van der Waals surface area contributed by atoms with Crippen molar-refractivity contribution in [1.82, 2.24) is 9.80 Å². The van der Waals surface area contributed by atoms with E-state index < -0.39 is 0 Å². The summed E-state index contributed by atoms with van der Waals surface area (Å²) in [5.74, 6) is 0.787. The van der Waals surface area contributed by atoms with Crippen LogP contribution in [-0.2, 0) is 4.74 Å². The largest absolute Gasteiger partial charge is 0.381 e. The van der Waals surface area contributed by atoms with E-state index in [0.717, 1.165) is 51.5 Å². The second kappa shape index (κ2) is 10.3. The van der Waals surface area contributed by atoms with Crippen LogP contribution in [-0.4, -0.2) is 67.2 Å². The highest BCUT2D eigenvalue weighted by Crippen LogP contribution is 2.37. The van der Waals surface area contributed by atoms with Gasteiger partial charge in [0.25, 0.3) is 0 Å². The molecule has 0 amide bonds. The first-order valence-corrected chi connectivity index (χ1v) is 10.1. The number of hydrogen-bond acceptors (Lipinski definition) is 3. The van der Waals surface area contributed by atoms with Crippen LogP contribution in [0, 0.1) is 0 Å². The molecule has 0 radical (unpaired) electrons. The first-order valence-electron chi connectivity index (χ1n) is 10.1. The topological polar surface area (TPSA) is 54.1 Å². The summed E-state index contributed by atoms with van der Waals surface area (Å²) < 4.78 is 5.54. The van der Waals surface area contributed by atoms with Crippen LogP contribution in [0.5, 0.6) is 0 Å². The van der Waals surface area contributed by atoms with E-state index in [1.165, 1.54) is 51.4 Å². The van der Waals surface area contributed by atoms with E-state index in [1.54, 1.807) is 0 Å². The summed E-state index contributed by atoms with van der Waals surface area (Å²) in [7, 11) is 1.85. The van der Waals surface area contributed by atoms with Crippen LogP contribution >= 0.6 is 24.0 Å². The first kappa shape index (κ1) is 21.2. The van der Waals surface area contributed by atoms with Crippen molar-refractivity contribution in [2.24, 2.45) is 10.7 Å². The Hall–Kier alpha value is -0.0800. The zero-order valence-electron chi connectivity index (χ0n) is 15.9. The van der Waals surface area contributed by atoms with Crippen molar-refractivity contribution >= 4 is 29.9 Å². The average Bonchev–Trinajstić information content (AvgIpc) is 2.94. The van der Waals surface area contributed by atoms with Crippen molar-refractivity contribution in [3.05, 3.63) is 0 Å². The maximum absolute atomic E-state index is 6.37. The molecule has 0 unspecified atom stereocenters. The van der Waals surface area contributed by atoms with Gasteiger partial charge in [-0.15, -0.1) is 24.0 Å². The number of rotatable bonds is 4. The summed E-state index contributed by atoms with van der Waals surface area (Å²) in [5.41, 5.74) is 6.62. The second-order valence-corrected chi connectivity index (χ2v) is 7.93. The lowest BCUT2D eigenvalue weighted by Gasteiger charge is -2.44. The Morgan fingerprint density at radius 2 is 1.60 bits per heavy atom. The molecule has 0 aromatic rings. The van der Waals surface area contributed by atoms with E-state index in [1.807, 2.05) is 7.11 Å². The van der Waals surface area contributed by atoms with Gasteiger partial charge in [-0.1, -0.05) is 25.7 Å². The quantitative estimate of drug-likeness (QED) is 0.395. The summed E-state index contributed by atoms with van der Waals surface area (Å²) in [6.45, 7) is 5.35. The van der Waals surface area contributed by atoms with Crippen LogP contribution in [0.2, 0.25) is 0 Å². The van der Waals surface area contributed by atoms with Crippen LogP contribution in [0.3, 0.4) is 0 Å². The molecule has 25 heavy (non-hydrogen) atoms. The van der Waals surface area contributed by atoms with Crippen molar-refractivity contribution in [2.45, 2.75) is 75.9 Å². The molecule has 0 aromatic heterocycles. The Kier molecular flexibility index (Phi) is 8.75. The third kappa shape index (κ3) is 5.45. The van der Waals surface area contributed by atoms with Crippen molar-refractivity contribution in [2.75, 3.05) is 39.8 Å². The number of nitrogens with zero attached hydrogens (tertiary/aromatic N) is 3. The molecule has 0 aromatic carbocycles. The summed E-state index contributed by atoms with van der Waals surface area (Å²) in [5, 5.41) is 0. The highest BCUT2D eigenvalue weighted by molar-refractivity contribution is 14.0. The first-order chi connectivity index (χ1) is 11.7. The Balaban J connectivity index is 0.00000225. The number of halogens is 1. The standard InChI is InChI=1S/C19H36N4O.HI/c1-24-17-8-14-23(15-9-17)19(10-4-5-11-19)16-21-18(20)22-12-6-2-3-7-13-22;/h17H,2-16H2,1H3,(H2,20,21);1H. The van der Waals surface area contributed by atoms with Gasteiger partial charge >= 0.3 is 0 Å². The van der Waals surface area contributed by atoms with Gasteiger partial charge in [0.05, 0.1) is 12.6 Å². The predicted octanol–water partition coefficient (Wildman–Crippen LogP) is 3.22. The Morgan fingerprint density at radius 1 is 1.00 bits per heavy atom. The molecule has 2 aliphatic heterocycles. The number of methoxy groups -OCH3 is 1. The molecule has 0 atom stereocenters. The normalized spacial score (nSPS) is 26.3. The van der Waals surface area contributed by atoms with Gasteiger partial charge < -0.3 is 15.4 Å². The molecule has 3 fully saturated rings. The number of nitrogens with two attached hydrogens (primary N) is 1. The number of ether oxygens (including phenoxy) is 1. The van der Waals surface area contributed by atoms with Crippen molar-refractivity contribution in [3.8, 4) is 0 Å². The molecule has 3 rings (SSSR count). The van der Waals surface area contributed by atoms with Gasteiger partial charge in [-0.25, -0.2) is 0 Å². The fraction of sp³-hybridized carbons (Fsp3) is 0.947. The molecule has 6 heteroatoms. The maximum atomic E-state index is 6.37. The van der Waals surface area contributed by atoms with Gasteiger partial charge in [-0.2, -0.15) is 0 Å². The van der Waals surface area contributed by atoms with Crippen LogP contribution in [0.4, 0.5) is 0 Å². The molecule has 5 nitrogen and oxygen atoms in total. The summed E-state index contributed by atoms with van der Waals surface area (Å²) in [6, 6.07) is 0. The van der Waals surface area contributed by atoms with E-state index >= 15 is 0 Å². The summed E-state index contributed by atoms with van der Waals surface area (Å²) in [4.78, 5) is 9.92. The van der Waals surface area contributed by atoms with Crippen LogP contribution in [0.15, 0.2) is 4.99 Å². The Labute approximate surface area is 170 Å². The van der Waals surface area contributed by atoms with Crippen LogP contribution in [0.1, 0.15) is 64.2 Å². The monoisotopic (exact) mass is 464 g/mol. The lowest BCUT2D eigenvalue weighted by Crippen LogP contribution is -2.53. The summed E-state index contributed by atoms with van der Waals surface area (Å²) >= 11 is 0. The van der Waals surface area contributed by atoms with Crippen LogP contribution < -0.4 is 5.73 Å². The molecule has 1 aliphatic carbocycles. The second-order valence-electron chi connectivity index (χ2n) is 7.93. The van der Waals surface area contributed by atoms with Gasteiger partial charge in [-0.05, 0) is 38.5 Å². The minimum atomic E-state index is 0. The van der Waals surface area contributed by atoms with Gasteiger partial charge in [0.1, 0.15) is 0 Å².